The Labute approximate surface area is 134 Å². The zero-order valence-electron chi connectivity index (χ0n) is 13.9. The molecule has 1 aromatic carbocycles. The van der Waals surface area contributed by atoms with Crippen molar-refractivity contribution in [2.75, 3.05) is 13.1 Å². The lowest BCUT2D eigenvalue weighted by Crippen LogP contribution is -2.42. The molecule has 1 amide bonds. The molecule has 0 spiro atoms. The number of carbonyl (C=O) groups excluding carboxylic acids is 1. The van der Waals surface area contributed by atoms with E-state index in [0.717, 1.165) is 38.0 Å². The number of nitrogens with two attached hydrogens (primary N) is 1. The Hall–Kier alpha value is -1.39. The van der Waals surface area contributed by atoms with Crippen molar-refractivity contribution in [1.82, 2.24) is 10.2 Å². The zero-order chi connectivity index (χ0) is 16.0. The van der Waals surface area contributed by atoms with Crippen LogP contribution in [0, 0.1) is 0 Å². The van der Waals surface area contributed by atoms with Crippen LogP contribution >= 0.6 is 0 Å². The topological polar surface area (TPSA) is 58.4 Å². The molecule has 3 N–H and O–H groups in total. The summed E-state index contributed by atoms with van der Waals surface area (Å²) in [7, 11) is 0. The standard InChI is InChI=1S/C18H29N3O/c1-3-5-11-21(4-2)14-16-8-6-7-15(12-16)13-20-17(22)18(19)9-10-18/h6-8,12H,3-5,9-11,13-14,19H2,1-2H3,(H,20,22). The molecule has 0 saturated heterocycles. The SMILES string of the molecule is CCCCN(CC)Cc1cccc(CNC(=O)C2(N)CC2)c1. The molecule has 4 nitrogen and oxygen atoms in total. The Morgan fingerprint density at radius 3 is 2.68 bits per heavy atom. The van der Waals surface area contributed by atoms with Crippen molar-refractivity contribution in [3.8, 4) is 0 Å². The van der Waals surface area contributed by atoms with Crippen molar-refractivity contribution in [2.45, 2.75) is 58.2 Å². The molecule has 1 saturated carbocycles. The first-order chi connectivity index (χ1) is 10.6. The van der Waals surface area contributed by atoms with Gasteiger partial charge >= 0.3 is 0 Å². The van der Waals surface area contributed by atoms with Gasteiger partial charge in [-0.05, 0) is 43.5 Å². The second-order valence-electron chi connectivity index (χ2n) is 6.38. The van der Waals surface area contributed by atoms with Crippen LogP contribution in [0.2, 0.25) is 0 Å². The number of hydrogen-bond donors (Lipinski definition) is 2. The molecule has 1 fully saturated rings. The summed E-state index contributed by atoms with van der Waals surface area (Å²) in [6.07, 6.45) is 4.08. The van der Waals surface area contributed by atoms with Gasteiger partial charge in [0.15, 0.2) is 0 Å². The summed E-state index contributed by atoms with van der Waals surface area (Å²) in [6.45, 7) is 8.17. The fraction of sp³-hybridized carbons (Fsp3) is 0.611. The number of hydrogen-bond acceptors (Lipinski definition) is 3. The van der Waals surface area contributed by atoms with E-state index in [-0.39, 0.29) is 5.91 Å². The Kier molecular flexibility index (Phi) is 5.98. The fourth-order valence-electron chi connectivity index (χ4n) is 2.55. The number of nitrogens with zero attached hydrogens (tertiary/aromatic N) is 1. The van der Waals surface area contributed by atoms with Gasteiger partial charge in [-0.3, -0.25) is 9.69 Å². The lowest BCUT2D eigenvalue weighted by Gasteiger charge is -2.20. The molecule has 0 bridgehead atoms. The molecule has 122 valence electrons. The minimum absolute atomic E-state index is 0.0176. The maximum Gasteiger partial charge on any atom is 0.240 e. The molecule has 1 aromatic rings. The Bertz CT molecular complexity index is 497. The summed E-state index contributed by atoms with van der Waals surface area (Å²) in [5, 5.41) is 2.95. The molecular formula is C18H29N3O. The first-order valence-electron chi connectivity index (χ1n) is 8.44. The van der Waals surface area contributed by atoms with Crippen molar-refractivity contribution in [2.24, 2.45) is 5.73 Å². The minimum atomic E-state index is -0.587. The van der Waals surface area contributed by atoms with Crippen LogP contribution < -0.4 is 11.1 Å². The lowest BCUT2D eigenvalue weighted by molar-refractivity contribution is -0.123. The van der Waals surface area contributed by atoms with Gasteiger partial charge in [-0.25, -0.2) is 0 Å². The van der Waals surface area contributed by atoms with E-state index in [4.69, 9.17) is 5.73 Å². The van der Waals surface area contributed by atoms with E-state index in [1.165, 1.54) is 18.4 Å². The van der Waals surface area contributed by atoms with Crippen LogP contribution in [0.1, 0.15) is 50.7 Å². The third-order valence-corrected chi connectivity index (χ3v) is 4.37. The number of amides is 1. The molecular weight excluding hydrogens is 274 g/mol. The predicted octanol–water partition coefficient (Wildman–Crippen LogP) is 2.42. The molecule has 0 unspecified atom stereocenters. The lowest BCUT2D eigenvalue weighted by atomic mass is 10.1. The molecule has 2 rings (SSSR count). The fourth-order valence-corrected chi connectivity index (χ4v) is 2.55. The number of benzene rings is 1. The van der Waals surface area contributed by atoms with E-state index in [2.05, 4.69) is 48.3 Å². The van der Waals surface area contributed by atoms with Gasteiger partial charge in [0.1, 0.15) is 0 Å². The monoisotopic (exact) mass is 303 g/mol. The highest BCUT2D eigenvalue weighted by atomic mass is 16.2. The van der Waals surface area contributed by atoms with Crippen LogP contribution in [0.4, 0.5) is 0 Å². The van der Waals surface area contributed by atoms with Crippen LogP contribution in [0.15, 0.2) is 24.3 Å². The van der Waals surface area contributed by atoms with Crippen LogP contribution in [-0.2, 0) is 17.9 Å². The largest absolute Gasteiger partial charge is 0.350 e. The predicted molar refractivity (Wildman–Crippen MR) is 90.3 cm³/mol. The maximum atomic E-state index is 11.9. The normalized spacial score (nSPS) is 15.8. The van der Waals surface area contributed by atoms with Crippen molar-refractivity contribution in [3.63, 3.8) is 0 Å². The van der Waals surface area contributed by atoms with Gasteiger partial charge in [0.05, 0.1) is 5.54 Å². The van der Waals surface area contributed by atoms with Gasteiger partial charge in [0, 0.05) is 13.1 Å². The van der Waals surface area contributed by atoms with Crippen molar-refractivity contribution < 1.29 is 4.79 Å². The van der Waals surface area contributed by atoms with Gasteiger partial charge in [-0.2, -0.15) is 0 Å². The smallest absolute Gasteiger partial charge is 0.240 e. The van der Waals surface area contributed by atoms with Gasteiger partial charge in [0.25, 0.3) is 0 Å². The molecule has 0 radical (unpaired) electrons. The van der Waals surface area contributed by atoms with Gasteiger partial charge in [-0.15, -0.1) is 0 Å². The third-order valence-electron chi connectivity index (χ3n) is 4.37. The van der Waals surface area contributed by atoms with Gasteiger partial charge in [-0.1, -0.05) is 44.5 Å². The summed E-state index contributed by atoms with van der Waals surface area (Å²) in [5.41, 5.74) is 7.75. The number of nitrogens with one attached hydrogen (secondary N) is 1. The van der Waals surface area contributed by atoms with Crippen LogP contribution in [0.3, 0.4) is 0 Å². The Balaban J connectivity index is 1.87. The molecule has 4 heteroatoms. The quantitative estimate of drug-likeness (QED) is 0.736. The molecule has 1 aliphatic rings. The Morgan fingerprint density at radius 2 is 2.05 bits per heavy atom. The number of rotatable bonds is 9. The molecule has 1 aliphatic carbocycles. The summed E-state index contributed by atoms with van der Waals surface area (Å²) in [4.78, 5) is 14.3. The van der Waals surface area contributed by atoms with E-state index < -0.39 is 5.54 Å². The van der Waals surface area contributed by atoms with E-state index >= 15 is 0 Å². The average Bonchev–Trinajstić information content (AvgIpc) is 3.28. The summed E-state index contributed by atoms with van der Waals surface area (Å²) in [6, 6.07) is 8.47. The van der Waals surface area contributed by atoms with Crippen molar-refractivity contribution >= 4 is 5.91 Å². The van der Waals surface area contributed by atoms with Crippen molar-refractivity contribution in [1.29, 1.82) is 0 Å². The molecule has 0 aliphatic heterocycles. The van der Waals surface area contributed by atoms with E-state index in [9.17, 15) is 4.79 Å². The van der Waals surface area contributed by atoms with Crippen LogP contribution in [-0.4, -0.2) is 29.4 Å². The number of carbonyl (C=O) groups is 1. The van der Waals surface area contributed by atoms with Crippen molar-refractivity contribution in [3.05, 3.63) is 35.4 Å². The first kappa shape index (κ1) is 17.0. The minimum Gasteiger partial charge on any atom is -0.350 e. The maximum absolute atomic E-state index is 11.9. The third kappa shape index (κ3) is 4.82. The first-order valence-corrected chi connectivity index (χ1v) is 8.44. The highest BCUT2D eigenvalue weighted by Gasteiger charge is 2.45. The van der Waals surface area contributed by atoms with E-state index in [0.29, 0.717) is 6.54 Å². The van der Waals surface area contributed by atoms with Gasteiger partial charge < -0.3 is 11.1 Å². The number of unbranched alkanes of at least 4 members (excludes halogenated alkanes) is 1. The summed E-state index contributed by atoms with van der Waals surface area (Å²) >= 11 is 0. The highest BCUT2D eigenvalue weighted by molar-refractivity contribution is 5.88. The average molecular weight is 303 g/mol. The van der Waals surface area contributed by atoms with E-state index in [1.54, 1.807) is 0 Å². The second-order valence-corrected chi connectivity index (χ2v) is 6.38. The van der Waals surface area contributed by atoms with E-state index in [1.807, 2.05) is 0 Å². The summed E-state index contributed by atoms with van der Waals surface area (Å²) < 4.78 is 0. The van der Waals surface area contributed by atoms with Crippen LogP contribution in [0.25, 0.3) is 0 Å². The molecule has 0 aromatic heterocycles. The highest BCUT2D eigenvalue weighted by Crippen LogP contribution is 2.32. The van der Waals surface area contributed by atoms with Gasteiger partial charge in [0.2, 0.25) is 5.91 Å². The Morgan fingerprint density at radius 1 is 1.32 bits per heavy atom. The zero-order valence-corrected chi connectivity index (χ0v) is 13.9. The molecule has 0 atom stereocenters. The molecule has 22 heavy (non-hydrogen) atoms. The summed E-state index contributed by atoms with van der Waals surface area (Å²) in [5.74, 6) is -0.0176. The van der Waals surface area contributed by atoms with Crippen LogP contribution in [0.5, 0.6) is 0 Å². The second kappa shape index (κ2) is 7.75. The molecule has 0 heterocycles.